The van der Waals surface area contributed by atoms with E-state index in [-0.39, 0.29) is 0 Å². The van der Waals surface area contributed by atoms with Crippen LogP contribution in [0.4, 0.5) is 0 Å². The van der Waals surface area contributed by atoms with E-state index in [1.54, 1.807) is 7.11 Å². The fourth-order valence-corrected chi connectivity index (χ4v) is 2.91. The summed E-state index contributed by atoms with van der Waals surface area (Å²) >= 11 is 0. The van der Waals surface area contributed by atoms with Crippen LogP contribution in [-0.4, -0.2) is 37.7 Å². The number of benzene rings is 2. The van der Waals surface area contributed by atoms with Crippen molar-refractivity contribution >= 4 is 10.8 Å². The second-order valence-electron chi connectivity index (χ2n) is 5.64. The van der Waals surface area contributed by atoms with Crippen LogP contribution < -0.4 is 10.1 Å². The van der Waals surface area contributed by atoms with Gasteiger partial charge >= 0.3 is 0 Å². The van der Waals surface area contributed by atoms with Gasteiger partial charge < -0.3 is 10.1 Å². The Morgan fingerprint density at radius 3 is 2.80 bits per heavy atom. The highest BCUT2D eigenvalue weighted by Gasteiger charge is 2.15. The zero-order valence-corrected chi connectivity index (χ0v) is 12.2. The van der Waals surface area contributed by atoms with Gasteiger partial charge in [-0.1, -0.05) is 18.2 Å². The number of piperazine rings is 1. The van der Waals surface area contributed by atoms with Crippen LogP contribution in [0.15, 0.2) is 36.4 Å². The number of hydrogen-bond donors (Lipinski definition) is 1. The molecule has 0 aliphatic carbocycles. The van der Waals surface area contributed by atoms with E-state index in [9.17, 15) is 0 Å². The van der Waals surface area contributed by atoms with Crippen LogP contribution in [0.1, 0.15) is 12.5 Å². The van der Waals surface area contributed by atoms with Crippen molar-refractivity contribution in [2.24, 2.45) is 0 Å². The number of ether oxygens (including phenoxy) is 1. The minimum atomic E-state index is 0.591. The van der Waals surface area contributed by atoms with Gasteiger partial charge in [-0.15, -0.1) is 0 Å². The summed E-state index contributed by atoms with van der Waals surface area (Å²) in [6.45, 7) is 6.63. The van der Waals surface area contributed by atoms with E-state index in [1.807, 2.05) is 6.07 Å². The molecule has 0 saturated carbocycles. The molecule has 3 rings (SSSR count). The Morgan fingerprint density at radius 1 is 1.20 bits per heavy atom. The van der Waals surface area contributed by atoms with Crippen LogP contribution in [-0.2, 0) is 6.54 Å². The molecule has 1 atom stereocenters. The van der Waals surface area contributed by atoms with Gasteiger partial charge in [-0.3, -0.25) is 4.90 Å². The first-order chi connectivity index (χ1) is 9.74. The van der Waals surface area contributed by atoms with Gasteiger partial charge in [0.1, 0.15) is 5.75 Å². The van der Waals surface area contributed by atoms with Gasteiger partial charge in [0, 0.05) is 32.2 Å². The fraction of sp³-hybridized carbons (Fsp3) is 0.412. The van der Waals surface area contributed by atoms with Gasteiger partial charge in [0.05, 0.1) is 7.11 Å². The predicted octanol–water partition coefficient (Wildman–Crippen LogP) is 2.64. The standard InChI is InChI=1S/C17H22N2O/c1-13-11-19(8-7-18-13)12-14-3-4-16-10-17(20-2)6-5-15(16)9-14/h3-6,9-10,13,18H,7-8,11-12H2,1-2H3. The molecule has 1 aliphatic rings. The van der Waals surface area contributed by atoms with Crippen LogP contribution in [0, 0.1) is 0 Å². The van der Waals surface area contributed by atoms with Crippen molar-refractivity contribution < 1.29 is 4.74 Å². The number of rotatable bonds is 3. The molecule has 1 saturated heterocycles. The van der Waals surface area contributed by atoms with E-state index >= 15 is 0 Å². The molecule has 3 heteroatoms. The Morgan fingerprint density at radius 2 is 2.00 bits per heavy atom. The zero-order valence-electron chi connectivity index (χ0n) is 12.2. The van der Waals surface area contributed by atoms with Gasteiger partial charge in [0.2, 0.25) is 0 Å². The zero-order chi connectivity index (χ0) is 13.9. The molecule has 2 aromatic rings. The molecule has 1 heterocycles. The average Bonchev–Trinajstić information content (AvgIpc) is 2.47. The third-order valence-electron chi connectivity index (χ3n) is 3.97. The second-order valence-corrected chi connectivity index (χ2v) is 5.64. The molecule has 1 unspecified atom stereocenters. The number of nitrogens with zero attached hydrogens (tertiary/aromatic N) is 1. The van der Waals surface area contributed by atoms with E-state index in [1.165, 1.54) is 16.3 Å². The molecule has 1 N–H and O–H groups in total. The summed E-state index contributed by atoms with van der Waals surface area (Å²) in [6.07, 6.45) is 0. The first-order valence-electron chi connectivity index (χ1n) is 7.27. The first kappa shape index (κ1) is 13.4. The van der Waals surface area contributed by atoms with Crippen LogP contribution in [0.2, 0.25) is 0 Å². The lowest BCUT2D eigenvalue weighted by atomic mass is 10.1. The molecule has 106 valence electrons. The van der Waals surface area contributed by atoms with E-state index < -0.39 is 0 Å². The highest BCUT2D eigenvalue weighted by molar-refractivity contribution is 5.84. The molecular weight excluding hydrogens is 248 g/mol. The molecular formula is C17H22N2O. The normalized spacial score (nSPS) is 20.2. The lowest BCUT2D eigenvalue weighted by molar-refractivity contribution is 0.200. The summed E-state index contributed by atoms with van der Waals surface area (Å²) in [4.78, 5) is 2.52. The fourth-order valence-electron chi connectivity index (χ4n) is 2.91. The lowest BCUT2D eigenvalue weighted by Gasteiger charge is -2.31. The SMILES string of the molecule is COc1ccc2cc(CN3CCNC(C)C3)ccc2c1. The Bertz CT molecular complexity index is 597. The quantitative estimate of drug-likeness (QED) is 0.928. The van der Waals surface area contributed by atoms with Gasteiger partial charge in [-0.05, 0) is 41.5 Å². The van der Waals surface area contributed by atoms with Crippen molar-refractivity contribution in [1.82, 2.24) is 10.2 Å². The topological polar surface area (TPSA) is 24.5 Å². The molecule has 0 bridgehead atoms. The monoisotopic (exact) mass is 270 g/mol. The first-order valence-corrected chi connectivity index (χ1v) is 7.27. The molecule has 0 aromatic heterocycles. The van der Waals surface area contributed by atoms with Crippen LogP contribution >= 0.6 is 0 Å². The number of methoxy groups -OCH3 is 1. The van der Waals surface area contributed by atoms with Gasteiger partial charge in [0.15, 0.2) is 0 Å². The molecule has 0 amide bonds. The van der Waals surface area contributed by atoms with E-state index in [0.29, 0.717) is 6.04 Å². The summed E-state index contributed by atoms with van der Waals surface area (Å²) in [7, 11) is 1.71. The minimum Gasteiger partial charge on any atom is -0.497 e. The van der Waals surface area contributed by atoms with Crippen LogP contribution in [0.25, 0.3) is 10.8 Å². The van der Waals surface area contributed by atoms with Crippen molar-refractivity contribution in [3.63, 3.8) is 0 Å². The summed E-state index contributed by atoms with van der Waals surface area (Å²) in [6, 6.07) is 13.6. The van der Waals surface area contributed by atoms with Gasteiger partial charge in [0.25, 0.3) is 0 Å². The third kappa shape index (κ3) is 2.94. The summed E-state index contributed by atoms with van der Waals surface area (Å²) < 4.78 is 5.27. The molecule has 1 aliphatic heterocycles. The van der Waals surface area contributed by atoms with Crippen LogP contribution in [0.3, 0.4) is 0 Å². The maximum absolute atomic E-state index is 5.27. The van der Waals surface area contributed by atoms with E-state index in [0.717, 1.165) is 31.9 Å². The Kier molecular flexibility index (Phi) is 3.90. The minimum absolute atomic E-state index is 0.591. The molecule has 0 radical (unpaired) electrons. The maximum atomic E-state index is 5.27. The van der Waals surface area contributed by atoms with Gasteiger partial charge in [-0.25, -0.2) is 0 Å². The molecule has 20 heavy (non-hydrogen) atoms. The third-order valence-corrected chi connectivity index (χ3v) is 3.97. The van der Waals surface area contributed by atoms with E-state index in [4.69, 9.17) is 4.74 Å². The number of nitrogens with one attached hydrogen (secondary N) is 1. The van der Waals surface area contributed by atoms with Crippen molar-refractivity contribution in [2.75, 3.05) is 26.7 Å². The smallest absolute Gasteiger partial charge is 0.119 e. The van der Waals surface area contributed by atoms with Crippen molar-refractivity contribution in [2.45, 2.75) is 19.5 Å². The highest BCUT2D eigenvalue weighted by atomic mass is 16.5. The summed E-state index contributed by atoms with van der Waals surface area (Å²) in [5.74, 6) is 0.918. The number of fused-ring (bicyclic) bond motifs is 1. The highest BCUT2D eigenvalue weighted by Crippen LogP contribution is 2.22. The Hall–Kier alpha value is -1.58. The second kappa shape index (κ2) is 5.81. The predicted molar refractivity (Wildman–Crippen MR) is 83.2 cm³/mol. The Labute approximate surface area is 120 Å². The molecule has 2 aromatic carbocycles. The lowest BCUT2D eigenvalue weighted by Crippen LogP contribution is -2.48. The maximum Gasteiger partial charge on any atom is 0.119 e. The average molecular weight is 270 g/mol. The number of hydrogen-bond acceptors (Lipinski definition) is 3. The van der Waals surface area contributed by atoms with E-state index in [2.05, 4.69) is 47.5 Å². The van der Waals surface area contributed by atoms with Crippen LogP contribution in [0.5, 0.6) is 5.75 Å². The molecule has 0 spiro atoms. The van der Waals surface area contributed by atoms with Gasteiger partial charge in [-0.2, -0.15) is 0 Å². The van der Waals surface area contributed by atoms with Crippen molar-refractivity contribution in [3.05, 3.63) is 42.0 Å². The summed E-state index contributed by atoms with van der Waals surface area (Å²) in [5.41, 5.74) is 1.39. The summed E-state index contributed by atoms with van der Waals surface area (Å²) in [5, 5.41) is 6.01. The van der Waals surface area contributed by atoms with Crippen molar-refractivity contribution in [1.29, 1.82) is 0 Å². The van der Waals surface area contributed by atoms with Crippen molar-refractivity contribution in [3.8, 4) is 5.75 Å². The largest absolute Gasteiger partial charge is 0.497 e. The molecule has 3 nitrogen and oxygen atoms in total. The molecule has 1 fully saturated rings. The Balaban J connectivity index is 1.78.